The number of anilines is 2. The van der Waals surface area contributed by atoms with E-state index >= 15 is 0 Å². The smallest absolute Gasteiger partial charge is 0.132 e. The number of nitrogens with two attached hydrogens (primary N) is 1. The van der Waals surface area contributed by atoms with Crippen molar-refractivity contribution in [2.45, 2.75) is 39.2 Å². The lowest BCUT2D eigenvalue weighted by Crippen LogP contribution is -2.08. The Bertz CT molecular complexity index is 330. The number of hydrogen-bond acceptors (Lipinski definition) is 4. The van der Waals surface area contributed by atoms with Crippen LogP contribution in [0.4, 0.5) is 11.6 Å². The molecule has 4 nitrogen and oxygen atoms in total. The van der Waals surface area contributed by atoms with Crippen LogP contribution in [0.2, 0.25) is 0 Å². The molecular formula is C11H18N4. The predicted octanol–water partition coefficient (Wildman–Crippen LogP) is 1.97. The first kappa shape index (κ1) is 10.2. The molecule has 82 valence electrons. The third-order valence-electron chi connectivity index (χ3n) is 2.77. The molecule has 1 aromatic heterocycles. The van der Waals surface area contributed by atoms with Crippen molar-refractivity contribution >= 4 is 11.6 Å². The summed E-state index contributed by atoms with van der Waals surface area (Å²) >= 11 is 0. The van der Waals surface area contributed by atoms with E-state index in [0.717, 1.165) is 17.6 Å². The average molecular weight is 206 g/mol. The zero-order valence-electron chi connectivity index (χ0n) is 9.33. The van der Waals surface area contributed by atoms with Crippen LogP contribution in [0.5, 0.6) is 0 Å². The molecule has 0 bridgehead atoms. The van der Waals surface area contributed by atoms with E-state index in [1.165, 1.54) is 19.3 Å². The van der Waals surface area contributed by atoms with Gasteiger partial charge in [-0.15, -0.1) is 0 Å². The second-order valence-electron chi connectivity index (χ2n) is 4.26. The third kappa shape index (κ3) is 2.58. The van der Waals surface area contributed by atoms with E-state index in [0.29, 0.717) is 11.9 Å². The monoisotopic (exact) mass is 206 g/mol. The Labute approximate surface area is 90.3 Å². The minimum atomic E-state index is 0.540. The molecule has 15 heavy (non-hydrogen) atoms. The highest BCUT2D eigenvalue weighted by molar-refractivity contribution is 5.46. The van der Waals surface area contributed by atoms with Gasteiger partial charge in [0.1, 0.15) is 17.5 Å². The van der Waals surface area contributed by atoms with Crippen LogP contribution in [0.3, 0.4) is 0 Å². The maximum absolute atomic E-state index is 5.66. The minimum absolute atomic E-state index is 0.540. The van der Waals surface area contributed by atoms with Gasteiger partial charge in [-0.05, 0) is 25.7 Å². The molecule has 3 N–H and O–H groups in total. The standard InChI is InChI=1S/C11H18N4/c1-3-4-8-5-9(8)15-11-6-10(12)13-7(2)14-11/h6,8-9H,3-5H2,1-2H3,(H3,12,13,14,15). The van der Waals surface area contributed by atoms with Gasteiger partial charge in [0.25, 0.3) is 0 Å². The zero-order chi connectivity index (χ0) is 10.8. The van der Waals surface area contributed by atoms with Crippen molar-refractivity contribution in [2.75, 3.05) is 11.1 Å². The summed E-state index contributed by atoms with van der Waals surface area (Å²) < 4.78 is 0. The van der Waals surface area contributed by atoms with Gasteiger partial charge in [-0.2, -0.15) is 0 Å². The molecule has 0 amide bonds. The summed E-state index contributed by atoms with van der Waals surface area (Å²) in [6.07, 6.45) is 3.82. The van der Waals surface area contributed by atoms with Crippen molar-refractivity contribution in [3.8, 4) is 0 Å². The Hall–Kier alpha value is -1.32. The van der Waals surface area contributed by atoms with Crippen molar-refractivity contribution in [1.82, 2.24) is 9.97 Å². The first-order chi connectivity index (χ1) is 7.19. The Balaban J connectivity index is 1.94. The van der Waals surface area contributed by atoms with E-state index in [-0.39, 0.29) is 0 Å². The van der Waals surface area contributed by atoms with Crippen molar-refractivity contribution in [3.63, 3.8) is 0 Å². The van der Waals surface area contributed by atoms with Crippen LogP contribution in [0.25, 0.3) is 0 Å². The molecule has 0 aromatic carbocycles. The van der Waals surface area contributed by atoms with Crippen molar-refractivity contribution in [1.29, 1.82) is 0 Å². The Morgan fingerprint density at radius 1 is 1.53 bits per heavy atom. The van der Waals surface area contributed by atoms with Crippen molar-refractivity contribution in [2.24, 2.45) is 5.92 Å². The summed E-state index contributed by atoms with van der Waals surface area (Å²) in [6, 6.07) is 2.40. The van der Waals surface area contributed by atoms with Crippen LogP contribution in [0.1, 0.15) is 32.0 Å². The van der Waals surface area contributed by atoms with E-state index in [2.05, 4.69) is 22.2 Å². The number of nitrogens with one attached hydrogen (secondary N) is 1. The van der Waals surface area contributed by atoms with Gasteiger partial charge in [-0.1, -0.05) is 13.3 Å². The van der Waals surface area contributed by atoms with E-state index in [1.54, 1.807) is 6.07 Å². The summed E-state index contributed by atoms with van der Waals surface area (Å²) in [7, 11) is 0. The normalized spacial score (nSPS) is 23.9. The molecule has 1 aliphatic carbocycles. The molecule has 1 heterocycles. The number of nitrogen functional groups attached to an aromatic ring is 1. The molecule has 1 aromatic rings. The first-order valence-corrected chi connectivity index (χ1v) is 5.56. The number of nitrogens with zero attached hydrogens (tertiary/aromatic N) is 2. The number of hydrogen-bond donors (Lipinski definition) is 2. The number of aromatic nitrogens is 2. The minimum Gasteiger partial charge on any atom is -0.384 e. The van der Waals surface area contributed by atoms with E-state index in [9.17, 15) is 0 Å². The molecule has 1 aliphatic rings. The maximum atomic E-state index is 5.66. The van der Waals surface area contributed by atoms with Crippen LogP contribution in [0.15, 0.2) is 6.07 Å². The van der Waals surface area contributed by atoms with Gasteiger partial charge in [-0.25, -0.2) is 9.97 Å². The molecular weight excluding hydrogens is 188 g/mol. The largest absolute Gasteiger partial charge is 0.384 e. The van der Waals surface area contributed by atoms with Crippen LogP contribution in [-0.4, -0.2) is 16.0 Å². The van der Waals surface area contributed by atoms with Gasteiger partial charge in [-0.3, -0.25) is 0 Å². The van der Waals surface area contributed by atoms with Gasteiger partial charge in [0.05, 0.1) is 0 Å². The molecule has 2 unspecified atom stereocenters. The number of rotatable bonds is 4. The summed E-state index contributed by atoms with van der Waals surface area (Å²) in [4.78, 5) is 8.35. The van der Waals surface area contributed by atoms with Gasteiger partial charge in [0.2, 0.25) is 0 Å². The predicted molar refractivity (Wildman–Crippen MR) is 61.6 cm³/mol. The van der Waals surface area contributed by atoms with Gasteiger partial charge in [0.15, 0.2) is 0 Å². The molecule has 0 radical (unpaired) electrons. The molecule has 1 saturated carbocycles. The lowest BCUT2D eigenvalue weighted by atomic mass is 10.2. The quantitative estimate of drug-likeness (QED) is 0.790. The zero-order valence-corrected chi connectivity index (χ0v) is 9.33. The van der Waals surface area contributed by atoms with Crippen molar-refractivity contribution in [3.05, 3.63) is 11.9 Å². The van der Waals surface area contributed by atoms with E-state index in [1.807, 2.05) is 6.92 Å². The number of aryl methyl sites for hydroxylation is 1. The fraction of sp³-hybridized carbons (Fsp3) is 0.636. The Kier molecular flexibility index (Phi) is 2.75. The summed E-state index contributed by atoms with van der Waals surface area (Å²) in [5.41, 5.74) is 5.66. The van der Waals surface area contributed by atoms with Crippen LogP contribution in [0, 0.1) is 12.8 Å². The fourth-order valence-electron chi connectivity index (χ4n) is 1.97. The second-order valence-corrected chi connectivity index (χ2v) is 4.26. The molecule has 2 atom stereocenters. The van der Waals surface area contributed by atoms with Gasteiger partial charge < -0.3 is 11.1 Å². The molecule has 1 fully saturated rings. The Morgan fingerprint density at radius 2 is 2.33 bits per heavy atom. The lowest BCUT2D eigenvalue weighted by Gasteiger charge is -2.06. The van der Waals surface area contributed by atoms with Gasteiger partial charge in [0, 0.05) is 12.1 Å². The first-order valence-electron chi connectivity index (χ1n) is 5.56. The van der Waals surface area contributed by atoms with Crippen LogP contribution >= 0.6 is 0 Å². The molecule has 2 rings (SSSR count). The topological polar surface area (TPSA) is 63.8 Å². The fourth-order valence-corrected chi connectivity index (χ4v) is 1.97. The average Bonchev–Trinajstić information content (AvgIpc) is 2.82. The second kappa shape index (κ2) is 4.04. The SMILES string of the molecule is CCCC1CC1Nc1cc(N)nc(C)n1. The molecule has 0 spiro atoms. The van der Waals surface area contributed by atoms with Gasteiger partial charge >= 0.3 is 0 Å². The molecule has 0 saturated heterocycles. The highest BCUT2D eigenvalue weighted by atomic mass is 15.1. The molecule has 4 heteroatoms. The summed E-state index contributed by atoms with van der Waals surface area (Å²) in [5, 5.41) is 3.40. The highest BCUT2D eigenvalue weighted by Gasteiger charge is 2.36. The van der Waals surface area contributed by atoms with Crippen LogP contribution < -0.4 is 11.1 Å². The highest BCUT2D eigenvalue weighted by Crippen LogP contribution is 2.36. The van der Waals surface area contributed by atoms with Crippen LogP contribution in [-0.2, 0) is 0 Å². The summed E-state index contributed by atoms with van der Waals surface area (Å²) in [6.45, 7) is 4.08. The Morgan fingerprint density at radius 3 is 3.00 bits per heavy atom. The molecule has 0 aliphatic heterocycles. The van der Waals surface area contributed by atoms with Crippen molar-refractivity contribution < 1.29 is 0 Å². The lowest BCUT2D eigenvalue weighted by molar-refractivity contribution is 0.692. The third-order valence-corrected chi connectivity index (χ3v) is 2.77. The van der Waals surface area contributed by atoms with E-state index in [4.69, 9.17) is 5.73 Å². The maximum Gasteiger partial charge on any atom is 0.132 e. The van der Waals surface area contributed by atoms with E-state index < -0.39 is 0 Å². The summed E-state index contributed by atoms with van der Waals surface area (Å²) in [5.74, 6) is 2.96.